The van der Waals surface area contributed by atoms with E-state index in [9.17, 15) is 4.79 Å². The van der Waals surface area contributed by atoms with Crippen LogP contribution in [0.1, 0.15) is 18.1 Å². The molecule has 0 aliphatic carbocycles. The normalized spacial score (nSPS) is 14.4. The van der Waals surface area contributed by atoms with Gasteiger partial charge >= 0.3 is 0 Å². The Morgan fingerprint density at radius 1 is 1.16 bits per heavy atom. The van der Waals surface area contributed by atoms with Crippen LogP contribution in [0.4, 0.5) is 11.4 Å². The van der Waals surface area contributed by atoms with E-state index >= 15 is 0 Å². The first-order valence-corrected chi connectivity index (χ1v) is 14.5. The lowest BCUT2D eigenvalue weighted by Gasteiger charge is -2.34. The molecule has 2 aromatic heterocycles. The van der Waals surface area contributed by atoms with Gasteiger partial charge in [0, 0.05) is 79.4 Å². The lowest BCUT2D eigenvalue weighted by Crippen LogP contribution is -2.44. The topological polar surface area (TPSA) is 112 Å². The van der Waals surface area contributed by atoms with Crippen molar-refractivity contribution < 1.29 is 9.53 Å². The molecule has 4 aromatic rings. The molecule has 0 unspecified atom stereocenters. The number of aromatic nitrogens is 2. The second-order valence-electron chi connectivity index (χ2n) is 10.6. The summed E-state index contributed by atoms with van der Waals surface area (Å²) < 4.78 is 6.06. The molecule has 0 atom stereocenters. The average molecular weight is 578 g/mol. The Morgan fingerprint density at radius 3 is 2.53 bits per heavy atom. The molecule has 2 aromatic carbocycles. The Bertz CT molecular complexity index is 1690. The van der Waals surface area contributed by atoms with E-state index in [0.717, 1.165) is 65.1 Å². The number of aliphatic imine (C=N–C) groups is 1. The van der Waals surface area contributed by atoms with Crippen molar-refractivity contribution in [1.29, 1.82) is 0 Å². The number of hydrogen-bond donors (Lipinski definition) is 3. The van der Waals surface area contributed by atoms with Crippen LogP contribution in [0.5, 0.6) is 5.75 Å². The third-order valence-electron chi connectivity index (χ3n) is 7.88. The molecule has 0 saturated carbocycles. The molecule has 1 amide bonds. The molecule has 3 heterocycles. The number of anilines is 2. The number of methoxy groups -OCH3 is 1. The number of aryl methyl sites for hydroxylation is 1. The lowest BCUT2D eigenvalue weighted by molar-refractivity contribution is -0.111. The maximum atomic E-state index is 12.2. The number of likely N-dealkylation sites (N-methyl/N-ethyl adjacent to an activating group) is 1. The van der Waals surface area contributed by atoms with Crippen LogP contribution in [0.15, 0.2) is 72.5 Å². The van der Waals surface area contributed by atoms with Crippen LogP contribution in [0.25, 0.3) is 39.0 Å². The number of rotatable bonds is 9. The number of nitrogens with zero attached hydrogens (tertiary/aromatic N) is 4. The molecular weight excluding hydrogens is 538 g/mol. The summed E-state index contributed by atoms with van der Waals surface area (Å²) in [4.78, 5) is 29.8. The lowest BCUT2D eigenvalue weighted by atomic mass is 9.95. The van der Waals surface area contributed by atoms with Crippen LogP contribution in [0.3, 0.4) is 0 Å². The molecule has 1 fully saturated rings. The second-order valence-corrected chi connectivity index (χ2v) is 10.6. The molecule has 9 heteroatoms. The molecule has 0 bridgehead atoms. The maximum Gasteiger partial charge on any atom is 0.247 e. The number of H-pyrrole nitrogens is 1. The number of pyridine rings is 1. The van der Waals surface area contributed by atoms with Crippen molar-refractivity contribution in [3.63, 3.8) is 0 Å². The van der Waals surface area contributed by atoms with Crippen molar-refractivity contribution >= 4 is 40.1 Å². The molecule has 0 radical (unpaired) electrons. The molecule has 1 aliphatic rings. The Balaban J connectivity index is 1.72. The van der Waals surface area contributed by atoms with E-state index in [1.165, 1.54) is 18.0 Å². The zero-order chi connectivity index (χ0) is 30.5. The van der Waals surface area contributed by atoms with E-state index in [2.05, 4.69) is 63.0 Å². The SMILES string of the molecule is C=CC(=O)Nc1cc(-c2c(-c3ccc(N4CCN(C)CC4)cc3)[nH]c3ncc(/C(C=NCC)=C/N)c(OC)c23)ccc1C. The van der Waals surface area contributed by atoms with Crippen LogP contribution in [0.2, 0.25) is 0 Å². The summed E-state index contributed by atoms with van der Waals surface area (Å²) in [7, 11) is 3.81. The van der Waals surface area contributed by atoms with Gasteiger partial charge in [0.15, 0.2) is 0 Å². The Hall–Kier alpha value is -4.89. The van der Waals surface area contributed by atoms with E-state index in [1.807, 2.05) is 32.0 Å². The van der Waals surface area contributed by atoms with Crippen molar-refractivity contribution in [3.05, 3.63) is 78.6 Å². The van der Waals surface area contributed by atoms with E-state index in [-0.39, 0.29) is 5.91 Å². The quantitative estimate of drug-likeness (QED) is 0.179. The summed E-state index contributed by atoms with van der Waals surface area (Å²) in [5.74, 6) is 0.362. The molecular formula is C34H39N7O2. The zero-order valence-electron chi connectivity index (χ0n) is 25.3. The van der Waals surface area contributed by atoms with Crippen LogP contribution in [-0.2, 0) is 4.79 Å². The van der Waals surface area contributed by atoms with E-state index in [4.69, 9.17) is 15.5 Å². The summed E-state index contributed by atoms with van der Waals surface area (Å²) >= 11 is 0. The number of benzene rings is 2. The van der Waals surface area contributed by atoms with Gasteiger partial charge in [0.05, 0.1) is 18.2 Å². The standard InChI is InChI=1S/C34H39N7O2/c1-6-29(42)38-28-18-24(9-8-22(28)3)30-31-33(43-5)27(25(19-35)20-36-7-2)21-37-34(31)39-32(30)23-10-12-26(13-11-23)41-16-14-40(4)15-17-41/h6,8-13,18-21H,1,7,14-17,35H2,2-5H3,(H,37,39)(H,38,42)/b25-19+,36-20?. The van der Waals surface area contributed by atoms with Gasteiger partial charge in [0.1, 0.15) is 11.4 Å². The van der Waals surface area contributed by atoms with Gasteiger partial charge < -0.3 is 30.6 Å². The number of allylic oxidation sites excluding steroid dienone is 1. The summed E-state index contributed by atoms with van der Waals surface area (Å²) in [6.45, 7) is 12.2. The van der Waals surface area contributed by atoms with Gasteiger partial charge in [-0.25, -0.2) is 4.98 Å². The average Bonchev–Trinajstić information content (AvgIpc) is 3.42. The molecule has 222 valence electrons. The number of hydrogen-bond acceptors (Lipinski definition) is 7. The number of nitrogens with two attached hydrogens (primary N) is 1. The summed E-state index contributed by atoms with van der Waals surface area (Å²) in [5.41, 5.74) is 14.7. The fraction of sp³-hybridized carbons (Fsp3) is 0.265. The smallest absolute Gasteiger partial charge is 0.247 e. The number of fused-ring (bicyclic) bond motifs is 1. The number of ether oxygens (including phenoxy) is 1. The van der Waals surface area contributed by atoms with Crippen molar-refractivity contribution in [2.75, 3.05) is 57.1 Å². The highest BCUT2D eigenvalue weighted by atomic mass is 16.5. The minimum Gasteiger partial charge on any atom is -0.495 e. The number of piperazine rings is 1. The predicted molar refractivity (Wildman–Crippen MR) is 178 cm³/mol. The van der Waals surface area contributed by atoms with Crippen LogP contribution in [0, 0.1) is 6.92 Å². The van der Waals surface area contributed by atoms with Crippen LogP contribution in [-0.4, -0.2) is 73.9 Å². The highest BCUT2D eigenvalue weighted by molar-refractivity contribution is 6.15. The minimum atomic E-state index is -0.270. The molecule has 9 nitrogen and oxygen atoms in total. The first-order valence-electron chi connectivity index (χ1n) is 14.5. The van der Waals surface area contributed by atoms with Gasteiger partial charge in [0.2, 0.25) is 5.91 Å². The molecule has 1 aliphatic heterocycles. The minimum absolute atomic E-state index is 0.270. The number of carbonyl (C=O) groups is 1. The van der Waals surface area contributed by atoms with E-state index in [0.29, 0.717) is 29.2 Å². The van der Waals surface area contributed by atoms with E-state index in [1.54, 1.807) is 19.5 Å². The van der Waals surface area contributed by atoms with Gasteiger partial charge in [-0.1, -0.05) is 30.8 Å². The molecule has 0 spiro atoms. The van der Waals surface area contributed by atoms with Gasteiger partial charge in [-0.2, -0.15) is 0 Å². The highest BCUT2D eigenvalue weighted by Gasteiger charge is 2.24. The molecule has 43 heavy (non-hydrogen) atoms. The Kier molecular flexibility index (Phi) is 8.92. The Labute approximate surface area is 252 Å². The summed E-state index contributed by atoms with van der Waals surface area (Å²) in [6, 6.07) is 14.7. The first-order chi connectivity index (χ1) is 20.9. The van der Waals surface area contributed by atoms with Crippen LogP contribution >= 0.6 is 0 Å². The van der Waals surface area contributed by atoms with Gasteiger partial charge in [-0.05, 0) is 61.9 Å². The largest absolute Gasteiger partial charge is 0.495 e. The van der Waals surface area contributed by atoms with Crippen molar-refractivity contribution in [2.24, 2.45) is 10.7 Å². The number of carbonyl (C=O) groups excluding carboxylic acids is 1. The van der Waals surface area contributed by atoms with Crippen molar-refractivity contribution in [1.82, 2.24) is 14.9 Å². The fourth-order valence-electron chi connectivity index (χ4n) is 5.44. The number of amides is 1. The third kappa shape index (κ3) is 6.03. The molecule has 5 rings (SSSR count). The van der Waals surface area contributed by atoms with Gasteiger partial charge in [-0.15, -0.1) is 0 Å². The summed E-state index contributed by atoms with van der Waals surface area (Å²) in [5, 5.41) is 3.75. The molecule has 4 N–H and O–H groups in total. The number of aromatic amines is 1. The third-order valence-corrected chi connectivity index (χ3v) is 7.88. The second kappa shape index (κ2) is 13.0. The zero-order valence-corrected chi connectivity index (χ0v) is 25.3. The first kappa shape index (κ1) is 29.6. The maximum absolute atomic E-state index is 12.2. The highest BCUT2D eigenvalue weighted by Crippen LogP contribution is 2.45. The van der Waals surface area contributed by atoms with Gasteiger partial charge in [0.25, 0.3) is 0 Å². The summed E-state index contributed by atoms with van der Waals surface area (Å²) in [6.07, 6.45) is 6.28. The molecule has 1 saturated heterocycles. The van der Waals surface area contributed by atoms with Gasteiger partial charge in [-0.3, -0.25) is 9.79 Å². The number of nitrogens with one attached hydrogen (secondary N) is 2. The monoisotopic (exact) mass is 577 g/mol. The van der Waals surface area contributed by atoms with Crippen molar-refractivity contribution in [3.8, 4) is 28.1 Å². The van der Waals surface area contributed by atoms with Crippen molar-refractivity contribution in [2.45, 2.75) is 13.8 Å². The van der Waals surface area contributed by atoms with Crippen LogP contribution < -0.4 is 20.7 Å². The fourth-order valence-corrected chi connectivity index (χ4v) is 5.44. The predicted octanol–water partition coefficient (Wildman–Crippen LogP) is 5.48. The van der Waals surface area contributed by atoms with E-state index < -0.39 is 0 Å². The Morgan fingerprint density at radius 2 is 1.88 bits per heavy atom.